The van der Waals surface area contributed by atoms with Gasteiger partial charge in [0, 0.05) is 6.54 Å². The Morgan fingerprint density at radius 1 is 1.30 bits per heavy atom. The highest BCUT2D eigenvalue weighted by Crippen LogP contribution is 2.25. The van der Waals surface area contributed by atoms with Gasteiger partial charge >= 0.3 is 0 Å². The molecule has 2 unspecified atom stereocenters. The Morgan fingerprint density at radius 3 is 2.70 bits per heavy atom. The van der Waals surface area contributed by atoms with Crippen LogP contribution in [0.25, 0.3) is 0 Å². The fourth-order valence-corrected chi connectivity index (χ4v) is 2.32. The summed E-state index contributed by atoms with van der Waals surface area (Å²) in [6.07, 6.45) is 0.629. The van der Waals surface area contributed by atoms with E-state index in [1.807, 2.05) is 32.0 Å². The molecule has 0 saturated carbocycles. The summed E-state index contributed by atoms with van der Waals surface area (Å²) in [5, 5.41) is 22.3. The number of benzene rings is 1. The standard InChI is InChI=1S/C15H24BrNO3/c1-3-12(18)6-7-17-9-13(19)10-20-15-5-4-11(2)8-14(15)16/h4-5,8,12-13,17-19H,3,6-7,9-10H2,1-2H3. The minimum absolute atomic E-state index is 0.241. The Bertz CT molecular complexity index is 401. The lowest BCUT2D eigenvalue weighted by Crippen LogP contribution is -2.33. The SMILES string of the molecule is CCC(O)CCNCC(O)COc1ccc(C)cc1Br. The Morgan fingerprint density at radius 2 is 2.05 bits per heavy atom. The van der Waals surface area contributed by atoms with Crippen LogP contribution < -0.4 is 10.1 Å². The highest BCUT2D eigenvalue weighted by molar-refractivity contribution is 9.10. The van der Waals surface area contributed by atoms with E-state index in [1.165, 1.54) is 0 Å². The second kappa shape index (κ2) is 9.34. The van der Waals surface area contributed by atoms with Gasteiger partial charge in [0.25, 0.3) is 0 Å². The summed E-state index contributed by atoms with van der Waals surface area (Å²) in [5.74, 6) is 0.732. The lowest BCUT2D eigenvalue weighted by Gasteiger charge is -2.15. The van der Waals surface area contributed by atoms with Crippen molar-refractivity contribution in [3.8, 4) is 5.75 Å². The van der Waals surface area contributed by atoms with Gasteiger partial charge in [0.1, 0.15) is 18.5 Å². The Kier molecular flexibility index (Phi) is 8.14. The molecule has 0 aromatic heterocycles. The molecule has 0 aliphatic rings. The number of aliphatic hydroxyl groups excluding tert-OH is 2. The van der Waals surface area contributed by atoms with E-state index < -0.39 is 6.10 Å². The molecule has 114 valence electrons. The van der Waals surface area contributed by atoms with Crippen LogP contribution in [0.4, 0.5) is 0 Å². The average molecular weight is 346 g/mol. The molecule has 3 N–H and O–H groups in total. The summed E-state index contributed by atoms with van der Waals surface area (Å²) in [4.78, 5) is 0. The van der Waals surface area contributed by atoms with E-state index in [0.717, 1.165) is 22.2 Å². The maximum absolute atomic E-state index is 9.81. The first-order valence-electron chi connectivity index (χ1n) is 6.98. The van der Waals surface area contributed by atoms with E-state index in [-0.39, 0.29) is 12.7 Å². The highest BCUT2D eigenvalue weighted by Gasteiger charge is 2.07. The largest absolute Gasteiger partial charge is 0.490 e. The molecule has 1 aromatic carbocycles. The van der Waals surface area contributed by atoms with Gasteiger partial charge in [0.2, 0.25) is 0 Å². The van der Waals surface area contributed by atoms with Crippen LogP contribution in [-0.4, -0.2) is 42.1 Å². The fourth-order valence-electron chi connectivity index (χ4n) is 1.71. The minimum Gasteiger partial charge on any atom is -0.490 e. The number of aryl methyl sites for hydroxylation is 1. The van der Waals surface area contributed by atoms with Crippen molar-refractivity contribution >= 4 is 15.9 Å². The van der Waals surface area contributed by atoms with Crippen LogP contribution in [0.5, 0.6) is 5.75 Å². The van der Waals surface area contributed by atoms with E-state index in [0.29, 0.717) is 19.5 Å². The summed E-state index contributed by atoms with van der Waals surface area (Å²) in [6.45, 7) is 5.36. The van der Waals surface area contributed by atoms with Crippen molar-refractivity contribution in [3.63, 3.8) is 0 Å². The normalized spacial score (nSPS) is 14.1. The van der Waals surface area contributed by atoms with E-state index in [2.05, 4.69) is 21.2 Å². The second-order valence-corrected chi connectivity index (χ2v) is 5.81. The van der Waals surface area contributed by atoms with E-state index in [1.54, 1.807) is 0 Å². The summed E-state index contributed by atoms with van der Waals surface area (Å²) < 4.78 is 6.46. The van der Waals surface area contributed by atoms with Gasteiger partial charge in [-0.2, -0.15) is 0 Å². The molecular weight excluding hydrogens is 322 g/mol. The van der Waals surface area contributed by atoms with Crippen molar-refractivity contribution in [2.75, 3.05) is 19.7 Å². The third-order valence-corrected chi connectivity index (χ3v) is 3.64. The zero-order valence-electron chi connectivity index (χ0n) is 12.1. The van der Waals surface area contributed by atoms with Crippen molar-refractivity contribution in [3.05, 3.63) is 28.2 Å². The maximum Gasteiger partial charge on any atom is 0.133 e. The van der Waals surface area contributed by atoms with Gasteiger partial charge in [-0.05, 0) is 59.9 Å². The van der Waals surface area contributed by atoms with Crippen LogP contribution in [0, 0.1) is 6.92 Å². The lowest BCUT2D eigenvalue weighted by atomic mass is 10.2. The van der Waals surface area contributed by atoms with Crippen molar-refractivity contribution in [1.82, 2.24) is 5.32 Å². The number of rotatable bonds is 9. The van der Waals surface area contributed by atoms with Crippen LogP contribution >= 0.6 is 15.9 Å². The Hall–Kier alpha value is -0.620. The van der Waals surface area contributed by atoms with Crippen molar-refractivity contribution in [2.24, 2.45) is 0 Å². The number of hydrogen-bond donors (Lipinski definition) is 3. The number of ether oxygens (including phenoxy) is 1. The predicted molar refractivity (Wildman–Crippen MR) is 84.2 cm³/mol. The molecule has 0 aliphatic carbocycles. The highest BCUT2D eigenvalue weighted by atomic mass is 79.9. The number of halogens is 1. The molecule has 4 nitrogen and oxygen atoms in total. The molecule has 0 saturated heterocycles. The van der Waals surface area contributed by atoms with Gasteiger partial charge in [0.05, 0.1) is 10.6 Å². The Balaban J connectivity index is 2.21. The zero-order valence-corrected chi connectivity index (χ0v) is 13.7. The molecule has 5 heteroatoms. The van der Waals surface area contributed by atoms with Gasteiger partial charge < -0.3 is 20.3 Å². The third-order valence-electron chi connectivity index (χ3n) is 3.02. The predicted octanol–water partition coefficient (Wildman–Crippen LogP) is 2.25. The molecule has 0 aliphatic heterocycles. The first kappa shape index (κ1) is 17.4. The number of nitrogens with one attached hydrogen (secondary N) is 1. The van der Waals surface area contributed by atoms with E-state index in [4.69, 9.17) is 4.74 Å². The quantitative estimate of drug-likeness (QED) is 0.600. The molecular formula is C15H24BrNO3. The van der Waals surface area contributed by atoms with Gasteiger partial charge in [-0.1, -0.05) is 13.0 Å². The molecule has 0 heterocycles. The molecule has 0 amide bonds. The fraction of sp³-hybridized carbons (Fsp3) is 0.600. The number of aliphatic hydroxyl groups is 2. The first-order valence-corrected chi connectivity index (χ1v) is 7.78. The minimum atomic E-state index is -0.568. The zero-order chi connectivity index (χ0) is 15.0. The molecule has 0 spiro atoms. The molecule has 0 radical (unpaired) electrons. The van der Waals surface area contributed by atoms with Gasteiger partial charge in [-0.25, -0.2) is 0 Å². The number of hydrogen-bond acceptors (Lipinski definition) is 4. The van der Waals surface area contributed by atoms with Crippen molar-refractivity contribution < 1.29 is 14.9 Å². The van der Waals surface area contributed by atoms with Crippen LogP contribution in [0.15, 0.2) is 22.7 Å². The Labute approximate surface area is 129 Å². The van der Waals surface area contributed by atoms with Gasteiger partial charge in [-0.3, -0.25) is 0 Å². The summed E-state index contributed by atoms with van der Waals surface area (Å²) in [5.41, 5.74) is 1.15. The van der Waals surface area contributed by atoms with Crippen molar-refractivity contribution in [2.45, 2.75) is 38.9 Å². The topological polar surface area (TPSA) is 61.7 Å². The molecule has 20 heavy (non-hydrogen) atoms. The monoisotopic (exact) mass is 345 g/mol. The average Bonchev–Trinajstić information content (AvgIpc) is 2.42. The lowest BCUT2D eigenvalue weighted by molar-refractivity contribution is 0.103. The van der Waals surface area contributed by atoms with E-state index >= 15 is 0 Å². The van der Waals surface area contributed by atoms with Gasteiger partial charge in [-0.15, -0.1) is 0 Å². The summed E-state index contributed by atoms with van der Waals surface area (Å²) in [6, 6.07) is 5.83. The van der Waals surface area contributed by atoms with E-state index in [9.17, 15) is 10.2 Å². The summed E-state index contributed by atoms with van der Waals surface area (Å²) >= 11 is 3.43. The first-order chi connectivity index (χ1) is 9.52. The smallest absolute Gasteiger partial charge is 0.133 e. The van der Waals surface area contributed by atoms with Crippen LogP contribution in [-0.2, 0) is 0 Å². The van der Waals surface area contributed by atoms with Crippen LogP contribution in [0.3, 0.4) is 0 Å². The second-order valence-electron chi connectivity index (χ2n) is 4.95. The summed E-state index contributed by atoms with van der Waals surface area (Å²) in [7, 11) is 0. The maximum atomic E-state index is 9.81. The molecule has 2 atom stereocenters. The molecule has 1 rings (SSSR count). The molecule has 0 fully saturated rings. The van der Waals surface area contributed by atoms with Gasteiger partial charge in [0.15, 0.2) is 0 Å². The molecule has 0 bridgehead atoms. The van der Waals surface area contributed by atoms with Crippen molar-refractivity contribution in [1.29, 1.82) is 0 Å². The van der Waals surface area contributed by atoms with Crippen LogP contribution in [0.2, 0.25) is 0 Å². The third kappa shape index (κ3) is 6.70. The van der Waals surface area contributed by atoms with Crippen LogP contribution in [0.1, 0.15) is 25.3 Å². The molecule has 1 aromatic rings.